The van der Waals surface area contributed by atoms with Gasteiger partial charge in [0.25, 0.3) is 0 Å². The molecule has 1 atom stereocenters. The molecule has 2 N–H and O–H groups in total. The van der Waals surface area contributed by atoms with Crippen LogP contribution in [-0.2, 0) is 6.42 Å². The van der Waals surface area contributed by atoms with E-state index >= 15 is 0 Å². The van der Waals surface area contributed by atoms with Gasteiger partial charge >= 0.3 is 6.03 Å². The summed E-state index contributed by atoms with van der Waals surface area (Å²) < 4.78 is 1.83. The molecule has 1 fully saturated rings. The maximum atomic E-state index is 12.0. The molecule has 1 aromatic heterocycles. The van der Waals surface area contributed by atoms with Crippen molar-refractivity contribution < 1.29 is 9.90 Å². The second-order valence-electron chi connectivity index (χ2n) is 5.81. The van der Waals surface area contributed by atoms with Crippen LogP contribution in [0.1, 0.15) is 18.5 Å². The molecule has 122 valence electrons. The Kier molecular flexibility index (Phi) is 4.92. The largest absolute Gasteiger partial charge is 0.391 e. The third kappa shape index (κ3) is 4.10. The predicted octanol–water partition coefficient (Wildman–Crippen LogP) is 1.58. The zero-order valence-electron chi connectivity index (χ0n) is 13.1. The Morgan fingerprint density at radius 1 is 1.30 bits per heavy atom. The Morgan fingerprint density at radius 2 is 2.13 bits per heavy atom. The van der Waals surface area contributed by atoms with Crippen LogP contribution < -0.4 is 5.32 Å². The molecule has 2 heterocycles. The number of carbonyl (C=O) groups is 1. The molecule has 1 saturated heterocycles. The van der Waals surface area contributed by atoms with Crippen LogP contribution in [-0.4, -0.2) is 51.6 Å². The van der Waals surface area contributed by atoms with Crippen molar-refractivity contribution in [2.75, 3.05) is 19.6 Å². The topological polar surface area (TPSA) is 70.4 Å². The van der Waals surface area contributed by atoms with Crippen LogP contribution in [0.4, 0.5) is 4.79 Å². The average Bonchev–Trinajstić information content (AvgIpc) is 3.04. The summed E-state index contributed by atoms with van der Waals surface area (Å²) in [6.07, 6.45) is 3.85. The van der Waals surface area contributed by atoms with E-state index in [0.29, 0.717) is 26.1 Å². The van der Waals surface area contributed by atoms with E-state index in [0.717, 1.165) is 24.2 Å². The molecule has 1 aliphatic rings. The Morgan fingerprint density at radius 3 is 2.91 bits per heavy atom. The van der Waals surface area contributed by atoms with Crippen molar-refractivity contribution in [1.82, 2.24) is 20.0 Å². The fourth-order valence-corrected chi connectivity index (χ4v) is 2.77. The van der Waals surface area contributed by atoms with Gasteiger partial charge < -0.3 is 15.3 Å². The Labute approximate surface area is 135 Å². The minimum absolute atomic E-state index is 0.105. The average molecular weight is 314 g/mol. The number of piperidine rings is 1. The summed E-state index contributed by atoms with van der Waals surface area (Å²) in [7, 11) is 0. The Hall–Kier alpha value is -2.34. The highest BCUT2D eigenvalue weighted by Gasteiger charge is 2.21. The monoisotopic (exact) mass is 314 g/mol. The number of nitrogens with zero attached hydrogens (tertiary/aromatic N) is 3. The van der Waals surface area contributed by atoms with E-state index in [1.165, 1.54) is 0 Å². The molecule has 2 amide bonds. The molecule has 1 unspecified atom stereocenters. The van der Waals surface area contributed by atoms with Crippen LogP contribution in [0.5, 0.6) is 0 Å². The number of para-hydroxylation sites is 1. The molecule has 0 bridgehead atoms. The summed E-state index contributed by atoms with van der Waals surface area (Å²) in [5.74, 6) is 0. The molecule has 0 saturated carbocycles. The number of hydrogen-bond donors (Lipinski definition) is 2. The van der Waals surface area contributed by atoms with Gasteiger partial charge in [-0.25, -0.2) is 9.48 Å². The summed E-state index contributed by atoms with van der Waals surface area (Å²) in [6, 6.07) is 11.8. The highest BCUT2D eigenvalue weighted by Crippen LogP contribution is 2.10. The van der Waals surface area contributed by atoms with Crippen LogP contribution in [0.3, 0.4) is 0 Å². The number of aliphatic hydroxyl groups is 1. The lowest BCUT2D eigenvalue weighted by Gasteiger charge is -2.30. The van der Waals surface area contributed by atoms with E-state index in [1.807, 2.05) is 47.3 Å². The number of benzene rings is 1. The lowest BCUT2D eigenvalue weighted by Crippen LogP contribution is -2.47. The number of rotatable bonds is 4. The van der Waals surface area contributed by atoms with E-state index in [-0.39, 0.29) is 6.03 Å². The smallest absolute Gasteiger partial charge is 0.317 e. The van der Waals surface area contributed by atoms with Crippen LogP contribution in [0.25, 0.3) is 5.69 Å². The number of urea groups is 1. The summed E-state index contributed by atoms with van der Waals surface area (Å²) >= 11 is 0. The number of β-amino-alcohol motifs (C(OH)–C–C–N with tert-alkyl or cyclic N) is 1. The second-order valence-corrected chi connectivity index (χ2v) is 5.81. The fraction of sp³-hybridized carbons (Fsp3) is 0.412. The molecule has 3 rings (SSSR count). The SMILES string of the molecule is O=C(NCCc1ccn(-c2ccccc2)n1)N1CCCC(O)C1. The minimum atomic E-state index is -0.393. The summed E-state index contributed by atoms with van der Waals surface area (Å²) in [5, 5.41) is 17.0. The van der Waals surface area contributed by atoms with Crippen molar-refractivity contribution in [2.24, 2.45) is 0 Å². The van der Waals surface area contributed by atoms with Gasteiger partial charge in [-0.2, -0.15) is 5.10 Å². The third-order valence-electron chi connectivity index (χ3n) is 4.01. The number of aliphatic hydroxyl groups excluding tert-OH is 1. The second kappa shape index (κ2) is 7.28. The highest BCUT2D eigenvalue weighted by molar-refractivity contribution is 5.74. The van der Waals surface area contributed by atoms with Crippen LogP contribution in [0.2, 0.25) is 0 Å². The van der Waals surface area contributed by atoms with Crippen molar-refractivity contribution in [1.29, 1.82) is 0 Å². The van der Waals surface area contributed by atoms with Gasteiger partial charge in [0.05, 0.1) is 17.5 Å². The van der Waals surface area contributed by atoms with Crippen LogP contribution in [0, 0.1) is 0 Å². The first-order valence-electron chi connectivity index (χ1n) is 8.03. The highest BCUT2D eigenvalue weighted by atomic mass is 16.3. The summed E-state index contributed by atoms with van der Waals surface area (Å²) in [5.41, 5.74) is 1.96. The van der Waals surface area contributed by atoms with Crippen LogP contribution >= 0.6 is 0 Å². The molecule has 23 heavy (non-hydrogen) atoms. The minimum Gasteiger partial charge on any atom is -0.391 e. The molecule has 6 nitrogen and oxygen atoms in total. The van der Waals surface area contributed by atoms with Gasteiger partial charge in [-0.1, -0.05) is 18.2 Å². The quantitative estimate of drug-likeness (QED) is 0.900. The molecular formula is C17H22N4O2. The predicted molar refractivity (Wildman–Crippen MR) is 87.5 cm³/mol. The number of likely N-dealkylation sites (tertiary alicyclic amines) is 1. The first-order chi connectivity index (χ1) is 11.2. The van der Waals surface area contributed by atoms with Crippen LogP contribution in [0.15, 0.2) is 42.6 Å². The standard InChI is InChI=1S/C17H22N4O2/c22-16-7-4-11-20(13-16)17(23)18-10-8-14-9-12-21(19-14)15-5-2-1-3-6-15/h1-3,5-6,9,12,16,22H,4,7-8,10-11,13H2,(H,18,23). The first kappa shape index (κ1) is 15.6. The van der Waals surface area contributed by atoms with Crippen molar-refractivity contribution >= 4 is 6.03 Å². The first-order valence-corrected chi connectivity index (χ1v) is 8.03. The molecular weight excluding hydrogens is 292 g/mol. The van der Waals surface area contributed by atoms with Crippen molar-refractivity contribution in [3.8, 4) is 5.69 Å². The van der Waals surface area contributed by atoms with E-state index < -0.39 is 6.10 Å². The fourth-order valence-electron chi connectivity index (χ4n) is 2.77. The van der Waals surface area contributed by atoms with Gasteiger partial charge in [-0.3, -0.25) is 0 Å². The zero-order valence-corrected chi connectivity index (χ0v) is 13.1. The van der Waals surface area contributed by atoms with E-state index in [1.54, 1.807) is 4.90 Å². The lowest BCUT2D eigenvalue weighted by atomic mass is 10.1. The third-order valence-corrected chi connectivity index (χ3v) is 4.01. The summed E-state index contributed by atoms with van der Waals surface area (Å²) in [4.78, 5) is 13.7. The molecule has 6 heteroatoms. The van der Waals surface area contributed by atoms with E-state index in [2.05, 4.69) is 10.4 Å². The molecule has 0 spiro atoms. The number of carbonyl (C=O) groups excluding carboxylic acids is 1. The van der Waals surface area contributed by atoms with Crippen molar-refractivity contribution in [3.63, 3.8) is 0 Å². The van der Waals surface area contributed by atoms with Gasteiger partial charge in [0.1, 0.15) is 0 Å². The molecule has 1 aliphatic heterocycles. The van der Waals surface area contributed by atoms with Gasteiger partial charge in [-0.15, -0.1) is 0 Å². The number of hydrogen-bond acceptors (Lipinski definition) is 3. The van der Waals surface area contributed by atoms with Gasteiger partial charge in [0.15, 0.2) is 0 Å². The maximum absolute atomic E-state index is 12.0. The number of amides is 2. The van der Waals surface area contributed by atoms with Gasteiger partial charge in [0, 0.05) is 32.3 Å². The maximum Gasteiger partial charge on any atom is 0.317 e. The van der Waals surface area contributed by atoms with Crippen molar-refractivity contribution in [3.05, 3.63) is 48.3 Å². The van der Waals surface area contributed by atoms with E-state index in [9.17, 15) is 9.90 Å². The van der Waals surface area contributed by atoms with E-state index in [4.69, 9.17) is 0 Å². The normalized spacial score (nSPS) is 18.0. The molecule has 1 aromatic carbocycles. The van der Waals surface area contributed by atoms with Crippen molar-refractivity contribution in [2.45, 2.75) is 25.4 Å². The lowest BCUT2D eigenvalue weighted by molar-refractivity contribution is 0.0843. The van der Waals surface area contributed by atoms with Gasteiger partial charge in [-0.05, 0) is 31.0 Å². The van der Waals surface area contributed by atoms with Gasteiger partial charge in [0.2, 0.25) is 0 Å². The zero-order chi connectivity index (χ0) is 16.1. The number of nitrogens with one attached hydrogen (secondary N) is 1. The Bertz CT molecular complexity index is 641. The molecule has 0 radical (unpaired) electrons. The summed E-state index contributed by atoms with van der Waals surface area (Å²) in [6.45, 7) is 1.68. The molecule has 2 aromatic rings. The molecule has 0 aliphatic carbocycles. The Balaban J connectivity index is 1.47. The number of aromatic nitrogens is 2.